The molecule has 0 bridgehead atoms. The quantitative estimate of drug-likeness (QED) is 0.300. The summed E-state index contributed by atoms with van der Waals surface area (Å²) in [5.41, 5.74) is 3.59. The highest BCUT2D eigenvalue weighted by Crippen LogP contribution is 2.43. The molecule has 3 nitrogen and oxygen atoms in total. The van der Waals surface area contributed by atoms with Gasteiger partial charge in [-0.25, -0.2) is 0 Å². The minimum atomic E-state index is 0.110. The van der Waals surface area contributed by atoms with E-state index in [2.05, 4.69) is 104 Å². The second-order valence-corrected chi connectivity index (χ2v) is 8.71. The summed E-state index contributed by atoms with van der Waals surface area (Å²) in [4.78, 5) is 0.110. The SMILES string of the molecule is Br[C@H]1[C@@H](c2ccccc2)CSc2n1nc(-c1ccccc1)[n+]2-c1ccccc1. The zero-order valence-electron chi connectivity index (χ0n) is 15.1. The van der Waals surface area contributed by atoms with E-state index >= 15 is 0 Å². The number of rotatable bonds is 3. The first-order chi connectivity index (χ1) is 13.8. The van der Waals surface area contributed by atoms with Crippen molar-refractivity contribution in [1.29, 1.82) is 0 Å². The number of para-hydroxylation sites is 1. The van der Waals surface area contributed by atoms with E-state index in [1.807, 2.05) is 23.9 Å². The Hall–Kier alpha value is -2.37. The lowest BCUT2D eigenvalue weighted by molar-refractivity contribution is -0.627. The lowest BCUT2D eigenvalue weighted by Crippen LogP contribution is -2.36. The van der Waals surface area contributed by atoms with Gasteiger partial charge in [-0.2, -0.15) is 4.57 Å². The highest BCUT2D eigenvalue weighted by Gasteiger charge is 2.40. The molecular formula is C23H19BrN3S+. The fourth-order valence-electron chi connectivity index (χ4n) is 3.63. The molecule has 5 rings (SSSR count). The molecule has 0 N–H and O–H groups in total. The zero-order chi connectivity index (χ0) is 18.9. The third-order valence-electron chi connectivity index (χ3n) is 5.03. The van der Waals surface area contributed by atoms with Gasteiger partial charge in [-0.15, -0.1) is 0 Å². The van der Waals surface area contributed by atoms with Crippen molar-refractivity contribution in [2.75, 3.05) is 5.75 Å². The number of halogens is 1. The minimum Gasteiger partial charge on any atom is -0.184 e. The van der Waals surface area contributed by atoms with Crippen LogP contribution in [0.25, 0.3) is 17.1 Å². The van der Waals surface area contributed by atoms with Crippen LogP contribution in [0.4, 0.5) is 0 Å². The van der Waals surface area contributed by atoms with Crippen LogP contribution in [0, 0.1) is 0 Å². The Labute approximate surface area is 177 Å². The third-order valence-corrected chi connectivity index (χ3v) is 7.21. The molecule has 0 spiro atoms. The number of fused-ring (bicyclic) bond motifs is 1. The van der Waals surface area contributed by atoms with Crippen LogP contribution in [-0.2, 0) is 0 Å². The first-order valence-electron chi connectivity index (χ1n) is 9.30. The van der Waals surface area contributed by atoms with Crippen molar-refractivity contribution >= 4 is 27.7 Å². The van der Waals surface area contributed by atoms with Gasteiger partial charge >= 0.3 is 11.0 Å². The highest BCUT2D eigenvalue weighted by molar-refractivity contribution is 9.09. The molecule has 0 radical (unpaired) electrons. The van der Waals surface area contributed by atoms with Crippen LogP contribution in [0.1, 0.15) is 16.4 Å². The molecule has 0 unspecified atom stereocenters. The van der Waals surface area contributed by atoms with Crippen molar-refractivity contribution in [2.45, 2.75) is 16.0 Å². The fraction of sp³-hybridized carbons (Fsp3) is 0.130. The highest BCUT2D eigenvalue weighted by atomic mass is 79.9. The number of thioether (sulfide) groups is 1. The molecule has 0 fully saturated rings. The van der Waals surface area contributed by atoms with Crippen LogP contribution in [0.3, 0.4) is 0 Å². The van der Waals surface area contributed by atoms with Crippen molar-refractivity contribution < 1.29 is 4.57 Å². The topological polar surface area (TPSA) is 21.7 Å². The molecule has 2 atom stereocenters. The molecule has 4 aromatic rings. The maximum atomic E-state index is 5.07. The zero-order valence-corrected chi connectivity index (χ0v) is 17.6. The first-order valence-corrected chi connectivity index (χ1v) is 11.2. The van der Waals surface area contributed by atoms with E-state index in [0.717, 1.165) is 28.0 Å². The maximum Gasteiger partial charge on any atom is 0.314 e. The van der Waals surface area contributed by atoms with Crippen LogP contribution in [-0.4, -0.2) is 15.5 Å². The molecule has 0 amide bonds. The van der Waals surface area contributed by atoms with E-state index in [-0.39, 0.29) is 4.95 Å². The monoisotopic (exact) mass is 448 g/mol. The van der Waals surface area contributed by atoms with Gasteiger partial charge < -0.3 is 0 Å². The molecule has 0 aliphatic carbocycles. The van der Waals surface area contributed by atoms with Crippen molar-refractivity contribution in [3.8, 4) is 17.1 Å². The van der Waals surface area contributed by atoms with Crippen LogP contribution >= 0.6 is 27.7 Å². The Bertz CT molecular complexity index is 1080. The standard InChI is InChI=1S/C23H19BrN3S/c24-21-20(17-10-4-1-5-11-17)16-28-23-26(19-14-8-3-9-15-19)22(25-27(21)23)18-12-6-2-7-13-18/h1-15,20-21H,16H2/q+1/t20-,21-/m1/s1. The van der Waals surface area contributed by atoms with Gasteiger partial charge in [-0.3, -0.25) is 0 Å². The maximum absolute atomic E-state index is 5.07. The van der Waals surface area contributed by atoms with Crippen molar-refractivity contribution in [3.05, 3.63) is 96.6 Å². The fourth-order valence-corrected chi connectivity index (χ4v) is 6.10. The Balaban J connectivity index is 1.67. The molecular weight excluding hydrogens is 430 g/mol. The second kappa shape index (κ2) is 7.57. The van der Waals surface area contributed by atoms with Gasteiger partial charge in [0.05, 0.1) is 5.56 Å². The first kappa shape index (κ1) is 17.7. The molecule has 0 saturated heterocycles. The molecule has 5 heteroatoms. The van der Waals surface area contributed by atoms with E-state index in [0.29, 0.717) is 5.92 Å². The molecule has 1 aromatic heterocycles. The Kier molecular flexibility index (Phi) is 4.79. The van der Waals surface area contributed by atoms with Crippen LogP contribution in [0.2, 0.25) is 0 Å². The number of nitrogens with zero attached hydrogens (tertiary/aromatic N) is 3. The van der Waals surface area contributed by atoms with E-state index in [4.69, 9.17) is 5.10 Å². The van der Waals surface area contributed by atoms with Gasteiger partial charge in [-0.1, -0.05) is 83.2 Å². The molecule has 2 heterocycles. The molecule has 1 aliphatic rings. The molecule has 138 valence electrons. The van der Waals surface area contributed by atoms with Crippen molar-refractivity contribution in [1.82, 2.24) is 9.78 Å². The Morgan fingerprint density at radius 2 is 1.46 bits per heavy atom. The van der Waals surface area contributed by atoms with Crippen molar-refractivity contribution in [2.24, 2.45) is 0 Å². The number of hydrogen-bond donors (Lipinski definition) is 0. The Morgan fingerprint density at radius 3 is 2.14 bits per heavy atom. The summed E-state index contributed by atoms with van der Waals surface area (Å²) < 4.78 is 4.41. The van der Waals surface area contributed by atoms with Gasteiger partial charge in [0.1, 0.15) is 5.69 Å². The van der Waals surface area contributed by atoms with Gasteiger partial charge in [-0.05, 0) is 45.8 Å². The molecule has 1 aliphatic heterocycles. The lowest BCUT2D eigenvalue weighted by Gasteiger charge is -2.24. The van der Waals surface area contributed by atoms with E-state index < -0.39 is 0 Å². The normalized spacial score (nSPS) is 18.6. The minimum absolute atomic E-state index is 0.110. The number of alkyl halides is 1. The Morgan fingerprint density at radius 1 is 0.857 bits per heavy atom. The third kappa shape index (κ3) is 3.09. The summed E-state index contributed by atoms with van der Waals surface area (Å²) >= 11 is 5.82. The van der Waals surface area contributed by atoms with Crippen LogP contribution in [0.15, 0.2) is 96.2 Å². The lowest BCUT2D eigenvalue weighted by atomic mass is 10.0. The summed E-state index contributed by atoms with van der Waals surface area (Å²) in [5, 5.41) is 6.22. The van der Waals surface area contributed by atoms with E-state index in [1.54, 1.807) is 0 Å². The number of aromatic nitrogens is 3. The predicted octanol–water partition coefficient (Wildman–Crippen LogP) is 5.61. The van der Waals surface area contributed by atoms with Crippen LogP contribution < -0.4 is 4.57 Å². The van der Waals surface area contributed by atoms with Gasteiger partial charge in [0.2, 0.25) is 0 Å². The second-order valence-electron chi connectivity index (χ2n) is 6.79. The van der Waals surface area contributed by atoms with Gasteiger partial charge in [0.15, 0.2) is 4.95 Å². The summed E-state index contributed by atoms with van der Waals surface area (Å²) in [6.45, 7) is 0. The van der Waals surface area contributed by atoms with E-state index in [1.165, 1.54) is 5.56 Å². The summed E-state index contributed by atoms with van der Waals surface area (Å²) in [7, 11) is 0. The van der Waals surface area contributed by atoms with Gasteiger partial charge in [0, 0.05) is 16.8 Å². The number of benzene rings is 3. The van der Waals surface area contributed by atoms with Gasteiger partial charge in [0.25, 0.3) is 0 Å². The number of hydrogen-bond acceptors (Lipinski definition) is 2. The summed E-state index contributed by atoms with van der Waals surface area (Å²) in [6, 6.07) is 31.6. The molecule has 28 heavy (non-hydrogen) atoms. The average Bonchev–Trinajstić information content (AvgIpc) is 3.16. The summed E-state index contributed by atoms with van der Waals surface area (Å²) in [6.07, 6.45) is 0. The average molecular weight is 449 g/mol. The smallest absolute Gasteiger partial charge is 0.184 e. The van der Waals surface area contributed by atoms with Crippen molar-refractivity contribution in [3.63, 3.8) is 0 Å². The van der Waals surface area contributed by atoms with E-state index in [9.17, 15) is 0 Å². The molecule has 0 saturated carbocycles. The predicted molar refractivity (Wildman–Crippen MR) is 117 cm³/mol. The summed E-state index contributed by atoms with van der Waals surface area (Å²) in [5.74, 6) is 2.34. The molecule has 3 aromatic carbocycles. The van der Waals surface area contributed by atoms with Crippen LogP contribution in [0.5, 0.6) is 0 Å². The largest absolute Gasteiger partial charge is 0.314 e.